The Morgan fingerprint density at radius 1 is 1.25 bits per heavy atom. The Morgan fingerprint density at radius 2 is 1.75 bits per heavy atom. The van der Waals surface area contributed by atoms with Crippen LogP contribution in [-0.4, -0.2) is 53.7 Å². The van der Waals surface area contributed by atoms with Crippen LogP contribution in [0.1, 0.15) is 0 Å². The van der Waals surface area contributed by atoms with E-state index in [1.165, 1.54) is 12.1 Å². The van der Waals surface area contributed by atoms with Gasteiger partial charge in [-0.3, -0.25) is 9.80 Å². The molecular formula is C9H22N2Si. The lowest BCUT2D eigenvalue weighted by Crippen LogP contribution is -2.40. The fourth-order valence-electron chi connectivity index (χ4n) is 1.42. The molecule has 0 amide bonds. The molecule has 0 aromatic carbocycles. The summed E-state index contributed by atoms with van der Waals surface area (Å²) in [5, 5.41) is 0. The zero-order valence-electron chi connectivity index (χ0n) is 8.88. The fourth-order valence-corrected chi connectivity index (χ4v) is 3.35. The second kappa shape index (κ2) is 6.40. The van der Waals surface area contributed by atoms with Gasteiger partial charge in [0, 0.05) is 9.52 Å². The fraction of sp³-hybridized carbons (Fsp3) is 0.778. The summed E-state index contributed by atoms with van der Waals surface area (Å²) in [6, 6.07) is 2.62. The lowest BCUT2D eigenvalue weighted by molar-refractivity contribution is 0.147. The maximum atomic E-state index is 3.75. The molecule has 0 saturated carbocycles. The summed E-state index contributed by atoms with van der Waals surface area (Å²) >= 11 is 0. The Morgan fingerprint density at radius 3 is 2.08 bits per heavy atom. The lowest BCUT2D eigenvalue weighted by Gasteiger charge is -2.30. The lowest BCUT2D eigenvalue weighted by atomic mass is 10.5. The quantitative estimate of drug-likeness (QED) is 0.260. The SMILES string of the molecule is C=CC[SiH2]CC(N(C)C)N(C)C. The van der Waals surface area contributed by atoms with E-state index in [-0.39, 0.29) is 9.52 Å². The molecule has 3 heteroatoms. The van der Waals surface area contributed by atoms with Gasteiger partial charge in [0.2, 0.25) is 0 Å². The first-order chi connectivity index (χ1) is 5.59. The minimum Gasteiger partial charge on any atom is -0.294 e. The Balaban J connectivity index is 3.71. The average molecular weight is 186 g/mol. The maximum absolute atomic E-state index is 3.75. The highest BCUT2D eigenvalue weighted by molar-refractivity contribution is 6.36. The third-order valence-corrected chi connectivity index (χ3v) is 3.80. The average Bonchev–Trinajstić information content (AvgIpc) is 1.96. The molecule has 72 valence electrons. The van der Waals surface area contributed by atoms with E-state index in [4.69, 9.17) is 0 Å². The molecule has 0 aliphatic heterocycles. The first-order valence-corrected chi connectivity index (χ1v) is 6.53. The van der Waals surface area contributed by atoms with Crippen LogP contribution in [0.25, 0.3) is 0 Å². The van der Waals surface area contributed by atoms with Crippen molar-refractivity contribution in [3.63, 3.8) is 0 Å². The van der Waals surface area contributed by atoms with Gasteiger partial charge < -0.3 is 0 Å². The first-order valence-electron chi connectivity index (χ1n) is 4.53. The number of allylic oxidation sites excluding steroid dienone is 1. The van der Waals surface area contributed by atoms with Gasteiger partial charge in [-0.2, -0.15) is 0 Å². The summed E-state index contributed by atoms with van der Waals surface area (Å²) in [5.41, 5.74) is 0. The normalized spacial score (nSPS) is 12.6. The zero-order valence-corrected chi connectivity index (χ0v) is 10.3. The van der Waals surface area contributed by atoms with E-state index in [1.807, 2.05) is 0 Å². The minimum atomic E-state index is 0.0769. The maximum Gasteiger partial charge on any atom is 0.0582 e. The molecular weight excluding hydrogens is 164 g/mol. The van der Waals surface area contributed by atoms with E-state index in [1.54, 1.807) is 0 Å². The van der Waals surface area contributed by atoms with Gasteiger partial charge in [-0.15, -0.1) is 6.58 Å². The highest BCUT2D eigenvalue weighted by Gasteiger charge is 2.12. The number of hydrogen-bond acceptors (Lipinski definition) is 2. The zero-order chi connectivity index (χ0) is 9.56. The van der Waals surface area contributed by atoms with E-state index >= 15 is 0 Å². The van der Waals surface area contributed by atoms with Gasteiger partial charge in [0.1, 0.15) is 0 Å². The second-order valence-corrected chi connectivity index (χ2v) is 5.49. The van der Waals surface area contributed by atoms with E-state index < -0.39 is 0 Å². The predicted octanol–water partition coefficient (Wildman–Crippen LogP) is 0.627. The van der Waals surface area contributed by atoms with Crippen molar-refractivity contribution in [3.05, 3.63) is 12.7 Å². The van der Waals surface area contributed by atoms with Gasteiger partial charge in [0.05, 0.1) is 6.17 Å². The predicted molar refractivity (Wildman–Crippen MR) is 59.5 cm³/mol. The molecule has 0 fully saturated rings. The van der Waals surface area contributed by atoms with Crippen LogP contribution >= 0.6 is 0 Å². The topological polar surface area (TPSA) is 6.48 Å². The molecule has 2 nitrogen and oxygen atoms in total. The standard InChI is InChI=1S/C9H22N2Si/c1-6-7-12-8-9(10(2)3)11(4)5/h6,9H,1,7-8,12H2,2-5H3. The van der Waals surface area contributed by atoms with Gasteiger partial charge in [0.15, 0.2) is 0 Å². The molecule has 0 aromatic heterocycles. The van der Waals surface area contributed by atoms with Crippen molar-refractivity contribution in [1.29, 1.82) is 0 Å². The monoisotopic (exact) mass is 186 g/mol. The van der Waals surface area contributed by atoms with Crippen LogP contribution in [0.5, 0.6) is 0 Å². The summed E-state index contributed by atoms with van der Waals surface area (Å²) in [6.07, 6.45) is 2.67. The van der Waals surface area contributed by atoms with E-state index in [2.05, 4.69) is 50.6 Å². The minimum absolute atomic E-state index is 0.0769. The van der Waals surface area contributed by atoms with E-state index in [9.17, 15) is 0 Å². The van der Waals surface area contributed by atoms with Crippen molar-refractivity contribution in [2.24, 2.45) is 0 Å². The molecule has 0 radical (unpaired) electrons. The van der Waals surface area contributed by atoms with Crippen LogP contribution < -0.4 is 0 Å². The molecule has 0 bridgehead atoms. The van der Waals surface area contributed by atoms with Gasteiger partial charge >= 0.3 is 0 Å². The Labute approximate surface area is 79.1 Å². The summed E-state index contributed by atoms with van der Waals surface area (Å²) in [6.45, 7) is 3.75. The van der Waals surface area contributed by atoms with Gasteiger partial charge in [0.25, 0.3) is 0 Å². The first kappa shape index (κ1) is 11.9. The van der Waals surface area contributed by atoms with E-state index in [0.29, 0.717) is 6.17 Å². The van der Waals surface area contributed by atoms with Gasteiger partial charge in [-0.25, -0.2) is 0 Å². The molecule has 0 rings (SSSR count). The Bertz CT molecular complexity index is 116. The summed E-state index contributed by atoms with van der Waals surface area (Å²) in [5.74, 6) is 0. The molecule has 0 aliphatic carbocycles. The van der Waals surface area contributed by atoms with Crippen molar-refractivity contribution in [1.82, 2.24) is 9.80 Å². The third kappa shape index (κ3) is 4.69. The molecule has 0 unspecified atom stereocenters. The van der Waals surface area contributed by atoms with Gasteiger partial charge in [-0.1, -0.05) is 6.08 Å². The number of nitrogens with zero attached hydrogens (tertiary/aromatic N) is 2. The molecule has 12 heavy (non-hydrogen) atoms. The molecule has 0 N–H and O–H groups in total. The van der Waals surface area contributed by atoms with Crippen LogP contribution in [0.2, 0.25) is 12.1 Å². The highest BCUT2D eigenvalue weighted by atomic mass is 28.2. The Hall–Kier alpha value is -0.123. The molecule has 0 aliphatic rings. The second-order valence-electron chi connectivity index (χ2n) is 3.63. The van der Waals surface area contributed by atoms with Crippen molar-refractivity contribution < 1.29 is 0 Å². The van der Waals surface area contributed by atoms with Crippen LogP contribution in [-0.2, 0) is 0 Å². The number of rotatable bonds is 6. The summed E-state index contributed by atoms with van der Waals surface area (Å²) in [4.78, 5) is 4.58. The van der Waals surface area contributed by atoms with Crippen molar-refractivity contribution in [2.45, 2.75) is 18.3 Å². The summed E-state index contributed by atoms with van der Waals surface area (Å²) < 4.78 is 0. The molecule has 0 spiro atoms. The Kier molecular flexibility index (Phi) is 6.33. The molecule has 0 aromatic rings. The van der Waals surface area contributed by atoms with E-state index in [0.717, 1.165) is 0 Å². The highest BCUT2D eigenvalue weighted by Crippen LogP contribution is 2.03. The molecule has 0 heterocycles. The smallest absolute Gasteiger partial charge is 0.0582 e. The van der Waals surface area contributed by atoms with Crippen LogP contribution in [0.4, 0.5) is 0 Å². The molecule has 0 saturated heterocycles. The largest absolute Gasteiger partial charge is 0.294 e. The van der Waals surface area contributed by atoms with Crippen molar-refractivity contribution in [3.8, 4) is 0 Å². The van der Waals surface area contributed by atoms with Crippen molar-refractivity contribution >= 4 is 9.52 Å². The van der Waals surface area contributed by atoms with Crippen LogP contribution in [0, 0.1) is 0 Å². The van der Waals surface area contributed by atoms with Crippen molar-refractivity contribution in [2.75, 3.05) is 28.2 Å². The van der Waals surface area contributed by atoms with Crippen LogP contribution in [0.15, 0.2) is 12.7 Å². The number of hydrogen-bond donors (Lipinski definition) is 0. The van der Waals surface area contributed by atoms with Crippen LogP contribution in [0.3, 0.4) is 0 Å². The third-order valence-electron chi connectivity index (χ3n) is 2.06. The summed E-state index contributed by atoms with van der Waals surface area (Å²) in [7, 11) is 8.66. The van der Waals surface area contributed by atoms with Gasteiger partial charge in [-0.05, 0) is 40.3 Å². The molecule has 0 atom stereocenters.